The monoisotopic (exact) mass is 351 g/mol. The fourth-order valence-corrected chi connectivity index (χ4v) is 2.95. The Hall–Kier alpha value is -1.87. The molecule has 0 saturated carbocycles. The van der Waals surface area contributed by atoms with E-state index in [4.69, 9.17) is 28.5 Å². The molecule has 0 radical (unpaired) electrons. The first-order valence-electron chi connectivity index (χ1n) is 6.19. The molecule has 0 aliphatic carbocycles. The average molecular weight is 352 g/mol. The van der Waals surface area contributed by atoms with Crippen molar-refractivity contribution in [3.63, 3.8) is 0 Å². The molecule has 1 N–H and O–H groups in total. The van der Waals surface area contributed by atoms with Gasteiger partial charge in [0.05, 0.1) is 27.1 Å². The lowest BCUT2D eigenvalue weighted by atomic mass is 10.1. The Bertz CT molecular complexity index is 782. The molecule has 0 aliphatic heterocycles. The van der Waals surface area contributed by atoms with Gasteiger partial charge in [0.15, 0.2) is 16.2 Å². The quantitative estimate of drug-likeness (QED) is 0.673. The maximum atomic E-state index is 12.1. The normalized spacial score (nSPS) is 12.5. The predicted molar refractivity (Wildman–Crippen MR) is 89.3 cm³/mol. The average Bonchev–Trinajstić information content (AvgIpc) is 2.52. The Morgan fingerprint density at radius 1 is 1.27 bits per heavy atom. The van der Waals surface area contributed by atoms with E-state index in [2.05, 4.69) is 9.93 Å². The molecule has 2 aromatic carbocycles. The highest BCUT2D eigenvalue weighted by Gasteiger charge is 2.12. The SMILES string of the molecule is Cc1ccc(S(=O)N/N=C(\Cl)c2c(Cl)cccc2C#N)cc1. The van der Waals surface area contributed by atoms with E-state index in [1.54, 1.807) is 30.3 Å². The van der Waals surface area contributed by atoms with Gasteiger partial charge >= 0.3 is 0 Å². The van der Waals surface area contributed by atoms with Crippen LogP contribution in [0.3, 0.4) is 0 Å². The number of aryl methyl sites for hydroxylation is 1. The molecule has 0 saturated heterocycles. The summed E-state index contributed by atoms with van der Waals surface area (Å²) in [5.41, 5.74) is 1.67. The summed E-state index contributed by atoms with van der Waals surface area (Å²) in [6.45, 7) is 1.94. The van der Waals surface area contributed by atoms with Crippen LogP contribution in [0.2, 0.25) is 5.02 Å². The fraction of sp³-hybridized carbons (Fsp3) is 0.0667. The summed E-state index contributed by atoms with van der Waals surface area (Å²) in [5, 5.41) is 13.2. The van der Waals surface area contributed by atoms with Gasteiger partial charge in [0.25, 0.3) is 0 Å². The van der Waals surface area contributed by atoms with Gasteiger partial charge in [0.1, 0.15) is 0 Å². The second-order valence-corrected chi connectivity index (χ2v) is 6.31. The summed E-state index contributed by atoms with van der Waals surface area (Å²) in [5.74, 6) is 0. The number of nitriles is 1. The van der Waals surface area contributed by atoms with Gasteiger partial charge in [-0.3, -0.25) is 0 Å². The zero-order chi connectivity index (χ0) is 16.1. The molecule has 22 heavy (non-hydrogen) atoms. The highest BCUT2D eigenvalue weighted by atomic mass is 35.5. The lowest BCUT2D eigenvalue weighted by Crippen LogP contribution is -2.13. The summed E-state index contributed by atoms with van der Waals surface area (Å²) >= 11 is 12.1. The second kappa shape index (κ2) is 7.41. The summed E-state index contributed by atoms with van der Waals surface area (Å²) < 4.78 is 12.1. The van der Waals surface area contributed by atoms with Gasteiger partial charge in [-0.05, 0) is 31.2 Å². The summed E-state index contributed by atoms with van der Waals surface area (Å²) in [6, 6.07) is 14.0. The van der Waals surface area contributed by atoms with Crippen LogP contribution < -0.4 is 4.83 Å². The molecule has 0 aromatic heterocycles. The zero-order valence-corrected chi connectivity index (χ0v) is 13.8. The number of hydrogen-bond acceptors (Lipinski definition) is 3. The third kappa shape index (κ3) is 3.86. The van der Waals surface area contributed by atoms with Crippen LogP contribution in [0.15, 0.2) is 52.5 Å². The van der Waals surface area contributed by atoms with Crippen LogP contribution in [0.1, 0.15) is 16.7 Å². The zero-order valence-electron chi connectivity index (χ0n) is 11.5. The molecule has 2 rings (SSSR count). The van der Waals surface area contributed by atoms with E-state index in [9.17, 15) is 4.21 Å². The Morgan fingerprint density at radius 2 is 1.95 bits per heavy atom. The molecule has 0 aliphatic rings. The van der Waals surface area contributed by atoms with Crippen molar-refractivity contribution < 1.29 is 4.21 Å². The lowest BCUT2D eigenvalue weighted by molar-refractivity contribution is 0.675. The van der Waals surface area contributed by atoms with Crippen molar-refractivity contribution in [3.8, 4) is 6.07 Å². The van der Waals surface area contributed by atoms with Crippen molar-refractivity contribution in [3.05, 3.63) is 64.2 Å². The minimum absolute atomic E-state index is 0.0254. The van der Waals surface area contributed by atoms with E-state index in [0.29, 0.717) is 21.0 Å². The first kappa shape index (κ1) is 16.5. The molecule has 112 valence electrons. The number of rotatable bonds is 4. The molecule has 1 unspecified atom stereocenters. The van der Waals surface area contributed by atoms with Gasteiger partial charge in [-0.1, -0.05) is 47.0 Å². The van der Waals surface area contributed by atoms with Crippen molar-refractivity contribution in [1.29, 1.82) is 5.26 Å². The molecule has 7 heteroatoms. The topological polar surface area (TPSA) is 65.2 Å². The fourth-order valence-electron chi connectivity index (χ4n) is 1.68. The first-order valence-corrected chi connectivity index (χ1v) is 8.09. The van der Waals surface area contributed by atoms with E-state index in [1.165, 1.54) is 0 Å². The van der Waals surface area contributed by atoms with Crippen LogP contribution >= 0.6 is 23.2 Å². The van der Waals surface area contributed by atoms with Crippen LogP contribution in [0.25, 0.3) is 0 Å². The van der Waals surface area contributed by atoms with E-state index < -0.39 is 11.0 Å². The number of nitrogens with zero attached hydrogens (tertiary/aromatic N) is 2. The van der Waals surface area contributed by atoms with Gasteiger partial charge in [0, 0.05) is 0 Å². The predicted octanol–water partition coefficient (Wildman–Crippen LogP) is 3.73. The highest BCUT2D eigenvalue weighted by molar-refractivity contribution is 7.83. The number of hydrazone groups is 1. The lowest BCUT2D eigenvalue weighted by Gasteiger charge is -2.05. The minimum atomic E-state index is -1.55. The molecule has 0 heterocycles. The Balaban J connectivity index is 2.22. The molecule has 2 aromatic rings. The van der Waals surface area contributed by atoms with E-state index >= 15 is 0 Å². The van der Waals surface area contributed by atoms with Crippen molar-refractivity contribution >= 4 is 39.4 Å². The van der Waals surface area contributed by atoms with Crippen molar-refractivity contribution in [2.45, 2.75) is 11.8 Å². The Kier molecular flexibility index (Phi) is 5.56. The molecule has 0 bridgehead atoms. The third-order valence-corrected chi connectivity index (χ3v) is 4.35. The van der Waals surface area contributed by atoms with Gasteiger partial charge in [0.2, 0.25) is 0 Å². The van der Waals surface area contributed by atoms with Crippen molar-refractivity contribution in [1.82, 2.24) is 4.83 Å². The minimum Gasteiger partial charge on any atom is -0.230 e. The van der Waals surface area contributed by atoms with Crippen molar-refractivity contribution in [2.24, 2.45) is 5.10 Å². The molecule has 1 atom stereocenters. The van der Waals surface area contributed by atoms with E-state index in [-0.39, 0.29) is 5.17 Å². The highest BCUT2D eigenvalue weighted by Crippen LogP contribution is 2.22. The maximum Gasteiger partial charge on any atom is 0.166 e. The Labute approximate surface area is 141 Å². The smallest absolute Gasteiger partial charge is 0.166 e. The van der Waals surface area contributed by atoms with Crippen LogP contribution in [0, 0.1) is 18.3 Å². The molecular weight excluding hydrogens is 341 g/mol. The number of halogens is 2. The molecule has 0 fully saturated rings. The molecule has 0 spiro atoms. The van der Waals surface area contributed by atoms with Crippen LogP contribution in [0.5, 0.6) is 0 Å². The van der Waals surface area contributed by atoms with Crippen LogP contribution in [0.4, 0.5) is 0 Å². The molecule has 4 nitrogen and oxygen atoms in total. The van der Waals surface area contributed by atoms with Crippen molar-refractivity contribution in [2.75, 3.05) is 0 Å². The number of benzene rings is 2. The van der Waals surface area contributed by atoms with Gasteiger partial charge in [-0.2, -0.15) is 10.4 Å². The maximum absolute atomic E-state index is 12.1. The van der Waals surface area contributed by atoms with E-state index in [0.717, 1.165) is 5.56 Å². The van der Waals surface area contributed by atoms with Gasteiger partial charge in [-0.15, -0.1) is 0 Å². The number of hydrogen-bond donors (Lipinski definition) is 1. The van der Waals surface area contributed by atoms with E-state index in [1.807, 2.05) is 25.1 Å². The summed E-state index contributed by atoms with van der Waals surface area (Å²) in [6.07, 6.45) is 0. The third-order valence-electron chi connectivity index (χ3n) is 2.80. The van der Waals surface area contributed by atoms with Gasteiger partial charge < -0.3 is 0 Å². The van der Waals surface area contributed by atoms with Gasteiger partial charge in [-0.25, -0.2) is 9.04 Å². The first-order chi connectivity index (χ1) is 10.5. The second-order valence-electron chi connectivity index (χ2n) is 4.35. The summed E-state index contributed by atoms with van der Waals surface area (Å²) in [4.78, 5) is 3.02. The Morgan fingerprint density at radius 3 is 2.59 bits per heavy atom. The molecular formula is C15H11Cl2N3OS. The molecule has 0 amide bonds. The largest absolute Gasteiger partial charge is 0.230 e. The standard InChI is InChI=1S/C15H11Cl2N3OS/c1-10-5-7-12(8-6-10)22(21)20-19-15(17)14-11(9-18)3-2-4-13(14)16/h2-8,20H,1H3/b19-15-. The van der Waals surface area contributed by atoms with Crippen LogP contribution in [-0.2, 0) is 11.0 Å². The van der Waals surface area contributed by atoms with Crippen LogP contribution in [-0.4, -0.2) is 9.38 Å². The summed E-state index contributed by atoms with van der Waals surface area (Å²) in [7, 11) is -1.55. The number of nitrogens with one attached hydrogen (secondary N) is 1.